The third kappa shape index (κ3) is 5.08. The monoisotopic (exact) mass is 388 g/mol. The number of likely N-dealkylation sites (tertiary alicyclic amines) is 2. The topological polar surface area (TPSA) is 85.8 Å². The largest absolute Gasteiger partial charge is 0.388 e. The van der Waals surface area contributed by atoms with Crippen molar-refractivity contribution in [2.75, 3.05) is 32.7 Å². The Morgan fingerprint density at radius 3 is 2.68 bits per heavy atom. The minimum absolute atomic E-state index is 0.0162. The van der Waals surface area contributed by atoms with Crippen LogP contribution in [0.15, 0.2) is 24.4 Å². The summed E-state index contributed by atoms with van der Waals surface area (Å²) in [6, 6.07) is 5.14. The van der Waals surface area contributed by atoms with Gasteiger partial charge in [-0.15, -0.1) is 0 Å². The Labute approximate surface area is 167 Å². The molecular formula is C21H32N4O3. The molecule has 1 aromatic rings. The van der Waals surface area contributed by atoms with E-state index >= 15 is 0 Å². The van der Waals surface area contributed by atoms with Gasteiger partial charge in [0.15, 0.2) is 0 Å². The average Bonchev–Trinajstić information content (AvgIpc) is 3.14. The van der Waals surface area contributed by atoms with Gasteiger partial charge in [0.2, 0.25) is 5.91 Å². The second kappa shape index (κ2) is 9.01. The van der Waals surface area contributed by atoms with Crippen molar-refractivity contribution in [3.8, 4) is 0 Å². The first kappa shape index (κ1) is 20.7. The zero-order chi connectivity index (χ0) is 20.1. The number of hydrogen-bond acceptors (Lipinski definition) is 5. The molecule has 2 saturated heterocycles. The van der Waals surface area contributed by atoms with Crippen LogP contribution in [0.4, 0.5) is 0 Å². The van der Waals surface area contributed by atoms with Gasteiger partial charge in [-0.1, -0.05) is 19.9 Å². The van der Waals surface area contributed by atoms with Crippen molar-refractivity contribution in [1.82, 2.24) is 20.1 Å². The first-order chi connectivity index (χ1) is 13.4. The van der Waals surface area contributed by atoms with Gasteiger partial charge in [0.25, 0.3) is 5.91 Å². The lowest BCUT2D eigenvalue weighted by Crippen LogP contribution is -2.55. The van der Waals surface area contributed by atoms with Crippen LogP contribution in [-0.4, -0.2) is 76.1 Å². The van der Waals surface area contributed by atoms with Gasteiger partial charge >= 0.3 is 0 Å². The molecule has 0 bridgehead atoms. The molecule has 0 aromatic carbocycles. The summed E-state index contributed by atoms with van der Waals surface area (Å²) in [4.78, 5) is 33.3. The van der Waals surface area contributed by atoms with Crippen LogP contribution in [-0.2, 0) is 4.79 Å². The van der Waals surface area contributed by atoms with Crippen LogP contribution in [0.5, 0.6) is 0 Å². The Balaban J connectivity index is 1.49. The Morgan fingerprint density at radius 1 is 1.29 bits per heavy atom. The maximum Gasteiger partial charge on any atom is 0.269 e. The summed E-state index contributed by atoms with van der Waals surface area (Å²) >= 11 is 0. The van der Waals surface area contributed by atoms with Crippen molar-refractivity contribution >= 4 is 11.8 Å². The maximum absolute atomic E-state index is 13.0. The summed E-state index contributed by atoms with van der Waals surface area (Å²) in [5, 5.41) is 13.6. The summed E-state index contributed by atoms with van der Waals surface area (Å²) < 4.78 is 0. The van der Waals surface area contributed by atoms with Crippen molar-refractivity contribution in [2.24, 2.45) is 5.92 Å². The van der Waals surface area contributed by atoms with E-state index in [-0.39, 0.29) is 24.4 Å². The maximum atomic E-state index is 13.0. The molecule has 0 saturated carbocycles. The Kier molecular flexibility index (Phi) is 6.67. The first-order valence-corrected chi connectivity index (χ1v) is 10.3. The smallest absolute Gasteiger partial charge is 0.269 e. The highest BCUT2D eigenvalue weighted by molar-refractivity contribution is 5.92. The van der Waals surface area contributed by atoms with Crippen LogP contribution in [0.1, 0.15) is 50.0 Å². The predicted molar refractivity (Wildman–Crippen MR) is 107 cm³/mol. The molecule has 3 rings (SSSR count). The molecule has 154 valence electrons. The summed E-state index contributed by atoms with van der Waals surface area (Å²) in [6.07, 6.45) is 4.50. The number of aliphatic hydroxyl groups is 1. The standard InChI is InChI=1S/C21H32N4O3/c1-16(2)14-25-11-5-7-18(25)20(27)24-12-8-21(28,9-13-24)15-23-19(26)17-6-3-4-10-22-17/h3-4,6,10,16,18,28H,5,7-9,11-15H2,1-2H3,(H,23,26). The highest BCUT2D eigenvalue weighted by Crippen LogP contribution is 2.26. The molecule has 7 nitrogen and oxygen atoms in total. The zero-order valence-corrected chi connectivity index (χ0v) is 16.9. The molecule has 2 fully saturated rings. The predicted octanol–water partition coefficient (Wildman–Crippen LogP) is 1.29. The van der Waals surface area contributed by atoms with Crippen molar-refractivity contribution in [3.05, 3.63) is 30.1 Å². The van der Waals surface area contributed by atoms with Gasteiger partial charge in [-0.25, -0.2) is 0 Å². The average molecular weight is 389 g/mol. The van der Waals surface area contributed by atoms with E-state index in [1.165, 1.54) is 0 Å². The number of pyridine rings is 1. The van der Waals surface area contributed by atoms with E-state index in [2.05, 4.69) is 29.0 Å². The lowest BCUT2D eigenvalue weighted by molar-refractivity contribution is -0.140. The normalized spacial score (nSPS) is 22.4. The van der Waals surface area contributed by atoms with Crippen molar-refractivity contribution in [2.45, 2.75) is 51.2 Å². The van der Waals surface area contributed by atoms with Gasteiger partial charge in [-0.05, 0) is 50.3 Å². The summed E-state index contributed by atoms with van der Waals surface area (Å²) in [6.45, 7) is 7.54. The molecule has 3 heterocycles. The van der Waals surface area contributed by atoms with Crippen LogP contribution < -0.4 is 5.32 Å². The number of carbonyl (C=O) groups is 2. The van der Waals surface area contributed by atoms with E-state index in [0.29, 0.717) is 37.5 Å². The number of rotatable bonds is 6. The number of amides is 2. The fourth-order valence-electron chi connectivity index (χ4n) is 4.16. The highest BCUT2D eigenvalue weighted by atomic mass is 16.3. The summed E-state index contributed by atoms with van der Waals surface area (Å²) in [5.74, 6) is 0.447. The minimum Gasteiger partial charge on any atom is -0.388 e. The van der Waals surface area contributed by atoms with Crippen LogP contribution in [0.2, 0.25) is 0 Å². The lowest BCUT2D eigenvalue weighted by Gasteiger charge is -2.40. The van der Waals surface area contributed by atoms with Gasteiger partial charge in [0.05, 0.1) is 11.6 Å². The molecule has 1 unspecified atom stereocenters. The fourth-order valence-corrected chi connectivity index (χ4v) is 4.16. The second-order valence-corrected chi connectivity index (χ2v) is 8.49. The summed E-state index contributed by atoms with van der Waals surface area (Å²) in [7, 11) is 0. The Hall–Kier alpha value is -1.99. The Bertz CT molecular complexity index is 671. The number of carbonyl (C=O) groups excluding carboxylic acids is 2. The molecular weight excluding hydrogens is 356 g/mol. The molecule has 0 radical (unpaired) electrons. The number of nitrogens with zero attached hydrogens (tertiary/aromatic N) is 3. The van der Waals surface area contributed by atoms with Crippen molar-refractivity contribution in [3.63, 3.8) is 0 Å². The van der Waals surface area contributed by atoms with E-state index in [4.69, 9.17) is 0 Å². The molecule has 0 aliphatic carbocycles. The van der Waals surface area contributed by atoms with Gasteiger partial charge in [0.1, 0.15) is 5.69 Å². The molecule has 28 heavy (non-hydrogen) atoms. The number of piperidine rings is 1. The lowest BCUT2D eigenvalue weighted by atomic mass is 9.90. The molecule has 1 atom stereocenters. The molecule has 7 heteroatoms. The molecule has 2 aliphatic rings. The van der Waals surface area contributed by atoms with Gasteiger partial charge in [0, 0.05) is 32.4 Å². The van der Waals surface area contributed by atoms with Crippen molar-refractivity contribution in [1.29, 1.82) is 0 Å². The number of hydrogen-bond donors (Lipinski definition) is 2. The Morgan fingerprint density at radius 2 is 2.04 bits per heavy atom. The van der Waals surface area contributed by atoms with E-state index in [9.17, 15) is 14.7 Å². The van der Waals surface area contributed by atoms with Crippen molar-refractivity contribution < 1.29 is 14.7 Å². The number of nitrogens with one attached hydrogen (secondary N) is 1. The third-order valence-electron chi connectivity index (χ3n) is 5.73. The van der Waals surface area contributed by atoms with E-state index in [1.54, 1.807) is 24.4 Å². The first-order valence-electron chi connectivity index (χ1n) is 10.3. The number of aromatic nitrogens is 1. The molecule has 2 N–H and O–H groups in total. The van der Waals surface area contributed by atoms with Gasteiger partial charge < -0.3 is 15.3 Å². The van der Waals surface area contributed by atoms with E-state index < -0.39 is 5.60 Å². The zero-order valence-electron chi connectivity index (χ0n) is 16.9. The van der Waals surface area contributed by atoms with E-state index in [1.807, 2.05) is 4.90 Å². The molecule has 1 aromatic heterocycles. The second-order valence-electron chi connectivity index (χ2n) is 8.49. The van der Waals surface area contributed by atoms with E-state index in [0.717, 1.165) is 25.9 Å². The van der Waals surface area contributed by atoms with Gasteiger partial charge in [-0.3, -0.25) is 19.5 Å². The highest BCUT2D eigenvalue weighted by Gasteiger charge is 2.39. The van der Waals surface area contributed by atoms with Crippen LogP contribution in [0, 0.1) is 5.92 Å². The quantitative estimate of drug-likeness (QED) is 0.767. The SMILES string of the molecule is CC(C)CN1CCCC1C(=O)N1CCC(O)(CNC(=O)c2ccccn2)CC1. The third-order valence-corrected chi connectivity index (χ3v) is 5.73. The van der Waals surface area contributed by atoms with Crippen LogP contribution in [0.25, 0.3) is 0 Å². The summed E-state index contributed by atoms with van der Waals surface area (Å²) in [5.41, 5.74) is -0.640. The van der Waals surface area contributed by atoms with Gasteiger partial charge in [-0.2, -0.15) is 0 Å². The molecule has 2 amide bonds. The van der Waals surface area contributed by atoms with Crippen LogP contribution in [0.3, 0.4) is 0 Å². The fraction of sp³-hybridized carbons (Fsp3) is 0.667. The minimum atomic E-state index is -0.978. The van der Waals surface area contributed by atoms with Crippen LogP contribution >= 0.6 is 0 Å². The molecule has 0 spiro atoms. The molecule has 2 aliphatic heterocycles.